The number of aryl methyl sites for hydroxylation is 1. The second kappa shape index (κ2) is 8.07. The topological polar surface area (TPSA) is 141 Å². The molecule has 3 heterocycles. The van der Waals surface area contributed by atoms with Crippen LogP contribution in [0.25, 0.3) is 11.0 Å². The summed E-state index contributed by atoms with van der Waals surface area (Å²) in [7, 11) is 1.47. The maximum atomic E-state index is 11.2. The van der Waals surface area contributed by atoms with E-state index in [0.29, 0.717) is 34.0 Å². The number of carbonyl (C=O) groups is 1. The number of nitrogens with zero attached hydrogens (tertiary/aromatic N) is 5. The van der Waals surface area contributed by atoms with Crippen molar-refractivity contribution in [2.75, 3.05) is 24.7 Å². The van der Waals surface area contributed by atoms with Gasteiger partial charge in [-0.15, -0.1) is 0 Å². The fraction of sp³-hybridized carbons (Fsp3) is 0.389. The second-order valence-corrected chi connectivity index (χ2v) is 6.33. The molecule has 10 heteroatoms. The van der Waals surface area contributed by atoms with E-state index in [2.05, 4.69) is 32.3 Å². The van der Waals surface area contributed by atoms with Crippen molar-refractivity contribution < 1.29 is 14.6 Å². The third-order valence-electron chi connectivity index (χ3n) is 4.29. The van der Waals surface area contributed by atoms with Crippen molar-refractivity contribution in [3.63, 3.8) is 0 Å². The lowest BCUT2D eigenvalue weighted by Gasteiger charge is -2.12. The number of nitrogens with two attached hydrogens (primary N) is 1. The zero-order chi connectivity index (χ0) is 20.3. The number of ether oxygens (including phenoxy) is 1. The highest BCUT2D eigenvalue weighted by atomic mass is 16.5. The highest BCUT2D eigenvalue weighted by Crippen LogP contribution is 2.26. The molecule has 0 unspecified atom stereocenters. The number of carboxylic acid groups (broad SMARTS) is 1. The number of fused-ring (bicyclic) bond motifs is 1. The van der Waals surface area contributed by atoms with Crippen LogP contribution in [-0.4, -0.2) is 49.5 Å². The molecule has 0 amide bonds. The Morgan fingerprint density at radius 1 is 1.39 bits per heavy atom. The first-order chi connectivity index (χ1) is 13.4. The van der Waals surface area contributed by atoms with E-state index >= 15 is 0 Å². The Hall–Kier alpha value is -3.43. The van der Waals surface area contributed by atoms with Gasteiger partial charge in [-0.25, -0.2) is 9.78 Å². The Morgan fingerprint density at radius 2 is 2.18 bits per heavy atom. The molecule has 0 aliphatic heterocycles. The monoisotopic (exact) mass is 385 g/mol. The molecule has 3 aromatic heterocycles. The molecule has 0 saturated heterocycles. The van der Waals surface area contributed by atoms with Crippen LogP contribution in [0.4, 0.5) is 11.8 Å². The molecule has 148 valence electrons. The summed E-state index contributed by atoms with van der Waals surface area (Å²) in [6, 6.07) is 1.44. The molecule has 0 spiro atoms. The SMILES string of the molecule is CCCCNc1nc(N)nc2c(C)nn(Cc3ncc(C(=O)O)cc3OC)c12. The summed E-state index contributed by atoms with van der Waals surface area (Å²) < 4.78 is 7.05. The second-order valence-electron chi connectivity index (χ2n) is 6.33. The van der Waals surface area contributed by atoms with Gasteiger partial charge < -0.3 is 20.9 Å². The van der Waals surface area contributed by atoms with Gasteiger partial charge >= 0.3 is 5.97 Å². The fourth-order valence-corrected chi connectivity index (χ4v) is 2.90. The smallest absolute Gasteiger partial charge is 0.337 e. The lowest BCUT2D eigenvalue weighted by Crippen LogP contribution is -2.11. The van der Waals surface area contributed by atoms with Crippen molar-refractivity contribution in [3.05, 3.63) is 29.2 Å². The minimum Gasteiger partial charge on any atom is -0.495 e. The minimum atomic E-state index is -1.07. The van der Waals surface area contributed by atoms with Crippen molar-refractivity contribution >= 4 is 28.8 Å². The number of nitrogen functional groups attached to an aromatic ring is 1. The van der Waals surface area contributed by atoms with Crippen LogP contribution in [0.5, 0.6) is 5.75 Å². The van der Waals surface area contributed by atoms with Crippen LogP contribution in [0.15, 0.2) is 12.3 Å². The van der Waals surface area contributed by atoms with Crippen molar-refractivity contribution in [3.8, 4) is 5.75 Å². The molecule has 28 heavy (non-hydrogen) atoms. The van der Waals surface area contributed by atoms with Crippen molar-refractivity contribution in [2.45, 2.75) is 33.2 Å². The summed E-state index contributed by atoms with van der Waals surface area (Å²) in [5, 5.41) is 17.0. The van der Waals surface area contributed by atoms with Gasteiger partial charge in [0, 0.05) is 12.7 Å². The van der Waals surface area contributed by atoms with Gasteiger partial charge in [0.15, 0.2) is 5.82 Å². The van der Waals surface area contributed by atoms with E-state index in [1.165, 1.54) is 19.4 Å². The quantitative estimate of drug-likeness (QED) is 0.497. The summed E-state index contributed by atoms with van der Waals surface area (Å²) in [6.45, 7) is 4.97. The first-order valence-electron chi connectivity index (χ1n) is 8.95. The molecule has 0 aliphatic rings. The molecule has 3 rings (SSSR count). The molecule has 0 fully saturated rings. The van der Waals surface area contributed by atoms with Gasteiger partial charge in [-0.3, -0.25) is 9.67 Å². The largest absolute Gasteiger partial charge is 0.495 e. The van der Waals surface area contributed by atoms with Gasteiger partial charge in [0.25, 0.3) is 0 Å². The average molecular weight is 385 g/mol. The highest BCUT2D eigenvalue weighted by molar-refractivity contribution is 5.89. The van der Waals surface area contributed by atoms with Gasteiger partial charge in [-0.1, -0.05) is 13.3 Å². The third-order valence-corrected chi connectivity index (χ3v) is 4.29. The summed E-state index contributed by atoms with van der Waals surface area (Å²) >= 11 is 0. The van der Waals surface area contributed by atoms with Crippen molar-refractivity contribution in [1.82, 2.24) is 24.7 Å². The number of methoxy groups -OCH3 is 1. The van der Waals surface area contributed by atoms with Gasteiger partial charge in [0.05, 0.1) is 24.9 Å². The maximum absolute atomic E-state index is 11.2. The number of nitrogens with one attached hydrogen (secondary N) is 1. The molecule has 0 aromatic carbocycles. The summed E-state index contributed by atoms with van der Waals surface area (Å²) in [6.07, 6.45) is 3.34. The average Bonchev–Trinajstić information content (AvgIpc) is 2.97. The Labute approximate surface area is 161 Å². The molecular weight excluding hydrogens is 362 g/mol. The number of anilines is 2. The normalized spacial score (nSPS) is 11.0. The van der Waals surface area contributed by atoms with E-state index in [-0.39, 0.29) is 18.1 Å². The third kappa shape index (κ3) is 3.80. The van der Waals surface area contributed by atoms with Crippen molar-refractivity contribution in [2.24, 2.45) is 0 Å². The zero-order valence-corrected chi connectivity index (χ0v) is 16.1. The lowest BCUT2D eigenvalue weighted by molar-refractivity contribution is 0.0696. The van der Waals surface area contributed by atoms with Gasteiger partial charge in [0.2, 0.25) is 5.95 Å². The van der Waals surface area contributed by atoms with Gasteiger partial charge in [-0.2, -0.15) is 10.1 Å². The number of aromatic nitrogens is 5. The summed E-state index contributed by atoms with van der Waals surface area (Å²) in [5.74, 6) is 0.0930. The number of hydrogen-bond donors (Lipinski definition) is 3. The summed E-state index contributed by atoms with van der Waals surface area (Å²) in [4.78, 5) is 24.1. The van der Waals surface area contributed by atoms with E-state index in [1.807, 2.05) is 6.92 Å². The number of unbranched alkanes of at least 4 members (excludes halogenated alkanes) is 1. The van der Waals surface area contributed by atoms with E-state index in [4.69, 9.17) is 15.6 Å². The van der Waals surface area contributed by atoms with Crippen LogP contribution >= 0.6 is 0 Å². The predicted octanol–water partition coefficient (Wildman–Crippen LogP) is 2.08. The standard InChI is InChI=1S/C18H23N7O3/c1-4-5-6-20-16-15-14(22-18(19)23-16)10(2)24-25(15)9-12-13(28-3)7-11(8-21-12)17(26)27/h7-8H,4-6,9H2,1-3H3,(H,26,27)(H3,19,20,22,23). The molecule has 0 bridgehead atoms. The van der Waals surface area contributed by atoms with E-state index in [9.17, 15) is 4.79 Å². The van der Waals surface area contributed by atoms with Crippen LogP contribution in [0.1, 0.15) is 41.5 Å². The van der Waals surface area contributed by atoms with Crippen LogP contribution in [0.3, 0.4) is 0 Å². The van der Waals surface area contributed by atoms with Crippen LogP contribution < -0.4 is 15.8 Å². The molecule has 0 radical (unpaired) electrons. The number of pyridine rings is 1. The molecular formula is C18H23N7O3. The predicted molar refractivity (Wildman–Crippen MR) is 105 cm³/mol. The van der Waals surface area contributed by atoms with Crippen LogP contribution in [0.2, 0.25) is 0 Å². The number of rotatable bonds is 8. The molecule has 0 saturated carbocycles. The zero-order valence-electron chi connectivity index (χ0n) is 16.1. The van der Waals surface area contributed by atoms with E-state index in [0.717, 1.165) is 19.4 Å². The first kappa shape index (κ1) is 19.3. The maximum Gasteiger partial charge on any atom is 0.337 e. The van der Waals surface area contributed by atoms with Crippen molar-refractivity contribution in [1.29, 1.82) is 0 Å². The Bertz CT molecular complexity index is 1020. The van der Waals surface area contributed by atoms with Gasteiger partial charge in [0.1, 0.15) is 22.5 Å². The summed E-state index contributed by atoms with van der Waals surface area (Å²) in [5.41, 5.74) is 8.56. The Morgan fingerprint density at radius 3 is 2.86 bits per heavy atom. The van der Waals surface area contributed by atoms with Crippen LogP contribution in [-0.2, 0) is 6.54 Å². The molecule has 4 N–H and O–H groups in total. The van der Waals surface area contributed by atoms with Crippen LogP contribution in [0, 0.1) is 6.92 Å². The number of hydrogen-bond acceptors (Lipinski definition) is 8. The Kier molecular flexibility index (Phi) is 5.57. The minimum absolute atomic E-state index is 0.0557. The first-order valence-corrected chi connectivity index (χ1v) is 8.95. The van der Waals surface area contributed by atoms with E-state index < -0.39 is 5.97 Å². The fourth-order valence-electron chi connectivity index (χ4n) is 2.90. The molecule has 0 aliphatic carbocycles. The molecule has 3 aromatic rings. The molecule has 10 nitrogen and oxygen atoms in total. The Balaban J connectivity index is 2.05. The lowest BCUT2D eigenvalue weighted by atomic mass is 10.2. The highest BCUT2D eigenvalue weighted by Gasteiger charge is 2.18. The van der Waals surface area contributed by atoms with E-state index in [1.54, 1.807) is 4.68 Å². The number of aromatic carboxylic acids is 1. The van der Waals surface area contributed by atoms with Gasteiger partial charge in [-0.05, 0) is 19.4 Å². The number of carboxylic acids is 1. The molecule has 0 atom stereocenters.